The van der Waals surface area contributed by atoms with Gasteiger partial charge in [0.05, 0.1) is 17.5 Å². The highest BCUT2D eigenvalue weighted by Gasteiger charge is 2.32. The number of carbonyl (C=O) groups excluding carboxylic acids is 1. The van der Waals surface area contributed by atoms with E-state index in [9.17, 15) is 4.79 Å². The fourth-order valence-electron chi connectivity index (χ4n) is 4.21. The maximum Gasteiger partial charge on any atom is 0.251 e. The van der Waals surface area contributed by atoms with E-state index in [0.29, 0.717) is 29.2 Å². The standard InChI is InChI=1S/C24H24N6O2S/c1-14-10-16(18-4-2-3-5-20(18)26-14)13-32-17-8-6-15(7-9-17)23(31)27-21-12-25-11-19(21)22-28-24(33)30-29-22/h2-10,19,21,25H,11-13H2,1H3,(H,27,31)(H2,28,29,30,33)/t19-,21-/m1/s1. The maximum atomic E-state index is 12.8. The summed E-state index contributed by atoms with van der Waals surface area (Å²) in [5, 5.41) is 13.3. The molecule has 1 aliphatic rings. The van der Waals surface area contributed by atoms with Crippen LogP contribution in [-0.2, 0) is 6.61 Å². The van der Waals surface area contributed by atoms with Gasteiger partial charge < -0.3 is 15.4 Å². The van der Waals surface area contributed by atoms with Gasteiger partial charge >= 0.3 is 0 Å². The number of nitrogens with one attached hydrogen (secondary N) is 4. The third kappa shape index (κ3) is 4.64. The summed E-state index contributed by atoms with van der Waals surface area (Å²) in [6.07, 6.45) is 0. The number of hydrogen-bond acceptors (Lipinski definition) is 6. The van der Waals surface area contributed by atoms with E-state index in [1.165, 1.54) is 0 Å². The Labute approximate surface area is 195 Å². The predicted octanol–water partition coefficient (Wildman–Crippen LogP) is 3.39. The van der Waals surface area contributed by atoms with E-state index in [0.717, 1.165) is 34.5 Å². The summed E-state index contributed by atoms with van der Waals surface area (Å²) in [5.41, 5.74) is 3.57. The molecule has 2 aromatic carbocycles. The molecule has 4 N–H and O–H groups in total. The second kappa shape index (κ2) is 9.13. The van der Waals surface area contributed by atoms with Gasteiger partial charge in [-0.3, -0.25) is 20.0 Å². The highest BCUT2D eigenvalue weighted by molar-refractivity contribution is 7.71. The molecule has 5 rings (SSSR count). The van der Waals surface area contributed by atoms with Crippen LogP contribution in [0.5, 0.6) is 5.75 Å². The largest absolute Gasteiger partial charge is 0.489 e. The summed E-state index contributed by atoms with van der Waals surface area (Å²) in [7, 11) is 0. The van der Waals surface area contributed by atoms with Crippen molar-refractivity contribution in [3.8, 4) is 5.75 Å². The zero-order valence-electron chi connectivity index (χ0n) is 18.1. The second-order valence-corrected chi connectivity index (χ2v) is 8.54. The molecule has 8 nitrogen and oxygen atoms in total. The van der Waals surface area contributed by atoms with Gasteiger partial charge in [-0.1, -0.05) is 18.2 Å². The van der Waals surface area contributed by atoms with Crippen molar-refractivity contribution in [1.82, 2.24) is 30.8 Å². The molecule has 2 atom stereocenters. The van der Waals surface area contributed by atoms with Crippen molar-refractivity contribution in [3.05, 3.63) is 82.0 Å². The maximum absolute atomic E-state index is 12.8. The molecule has 9 heteroatoms. The molecular formula is C24H24N6O2S. The fraction of sp³-hybridized carbons (Fsp3) is 0.250. The molecule has 1 saturated heterocycles. The van der Waals surface area contributed by atoms with Gasteiger partial charge in [0.25, 0.3) is 5.91 Å². The number of H-pyrrole nitrogens is 2. The first-order valence-corrected chi connectivity index (χ1v) is 11.2. The van der Waals surface area contributed by atoms with Crippen LogP contribution in [0.1, 0.15) is 33.4 Å². The Morgan fingerprint density at radius 1 is 1.12 bits per heavy atom. The predicted molar refractivity (Wildman–Crippen MR) is 128 cm³/mol. The zero-order valence-corrected chi connectivity index (χ0v) is 18.9. The quantitative estimate of drug-likeness (QED) is 0.329. The van der Waals surface area contributed by atoms with E-state index in [1.54, 1.807) is 12.1 Å². The van der Waals surface area contributed by atoms with Crippen LogP contribution in [0, 0.1) is 11.7 Å². The lowest BCUT2D eigenvalue weighted by Gasteiger charge is -2.18. The van der Waals surface area contributed by atoms with Gasteiger partial charge in [-0.15, -0.1) is 0 Å². The highest BCUT2D eigenvalue weighted by atomic mass is 32.1. The monoisotopic (exact) mass is 460 g/mol. The summed E-state index contributed by atoms with van der Waals surface area (Å²) in [6.45, 7) is 3.80. The van der Waals surface area contributed by atoms with Crippen molar-refractivity contribution in [1.29, 1.82) is 0 Å². The first-order chi connectivity index (χ1) is 16.1. The number of amides is 1. The molecule has 4 aromatic rings. The molecule has 2 aromatic heterocycles. The summed E-state index contributed by atoms with van der Waals surface area (Å²) in [5.74, 6) is 1.35. The molecular weight excluding hydrogens is 436 g/mol. The summed E-state index contributed by atoms with van der Waals surface area (Å²) in [6, 6.07) is 17.2. The third-order valence-electron chi connectivity index (χ3n) is 5.84. The number of para-hydroxylation sites is 1. The highest BCUT2D eigenvalue weighted by Crippen LogP contribution is 2.22. The number of nitrogens with zero attached hydrogens (tertiary/aromatic N) is 2. The Kier molecular flexibility index (Phi) is 5.89. The molecule has 0 saturated carbocycles. The number of benzene rings is 2. The number of hydrogen-bond donors (Lipinski definition) is 4. The normalized spacial score (nSPS) is 17.8. The van der Waals surface area contributed by atoms with Crippen molar-refractivity contribution >= 4 is 29.0 Å². The molecule has 0 spiro atoms. The van der Waals surface area contributed by atoms with Crippen LogP contribution in [0.3, 0.4) is 0 Å². The van der Waals surface area contributed by atoms with Gasteiger partial charge in [0.2, 0.25) is 4.77 Å². The van der Waals surface area contributed by atoms with Crippen molar-refractivity contribution in [2.75, 3.05) is 13.1 Å². The van der Waals surface area contributed by atoms with Crippen molar-refractivity contribution in [2.24, 2.45) is 0 Å². The molecule has 1 fully saturated rings. The number of fused-ring (bicyclic) bond motifs is 1. The van der Waals surface area contributed by atoms with E-state index < -0.39 is 0 Å². The van der Waals surface area contributed by atoms with E-state index in [2.05, 4.69) is 36.9 Å². The molecule has 0 aliphatic carbocycles. The molecule has 1 amide bonds. The molecule has 168 valence electrons. The Morgan fingerprint density at radius 2 is 1.94 bits per heavy atom. The molecule has 3 heterocycles. The molecule has 1 aliphatic heterocycles. The van der Waals surface area contributed by atoms with Crippen LogP contribution < -0.4 is 15.4 Å². The van der Waals surface area contributed by atoms with Gasteiger partial charge in [-0.05, 0) is 55.5 Å². The van der Waals surface area contributed by atoms with Crippen LogP contribution in [-0.4, -0.2) is 45.2 Å². The lowest BCUT2D eigenvalue weighted by Crippen LogP contribution is -2.39. The van der Waals surface area contributed by atoms with Crippen LogP contribution >= 0.6 is 12.2 Å². The lowest BCUT2D eigenvalue weighted by atomic mass is 10.0. The molecule has 33 heavy (non-hydrogen) atoms. The van der Waals surface area contributed by atoms with Gasteiger partial charge in [0.15, 0.2) is 0 Å². The smallest absolute Gasteiger partial charge is 0.251 e. The zero-order chi connectivity index (χ0) is 22.8. The van der Waals surface area contributed by atoms with Gasteiger partial charge in [0.1, 0.15) is 18.2 Å². The summed E-state index contributed by atoms with van der Waals surface area (Å²) >= 11 is 5.04. The molecule has 0 bridgehead atoms. The van der Waals surface area contributed by atoms with E-state index in [1.807, 2.05) is 43.3 Å². The summed E-state index contributed by atoms with van der Waals surface area (Å²) < 4.78 is 6.42. The average molecular weight is 461 g/mol. The van der Waals surface area contributed by atoms with Gasteiger partial charge in [-0.2, -0.15) is 0 Å². The van der Waals surface area contributed by atoms with E-state index in [4.69, 9.17) is 17.0 Å². The molecule has 0 unspecified atom stereocenters. The Bertz CT molecular complexity index is 1350. The van der Waals surface area contributed by atoms with Crippen LogP contribution in [0.4, 0.5) is 0 Å². The fourth-order valence-corrected chi connectivity index (χ4v) is 4.36. The van der Waals surface area contributed by atoms with Crippen LogP contribution in [0.25, 0.3) is 10.9 Å². The number of carbonyl (C=O) groups is 1. The number of aromatic amines is 2. The van der Waals surface area contributed by atoms with Crippen molar-refractivity contribution < 1.29 is 9.53 Å². The Hall–Kier alpha value is -3.56. The lowest BCUT2D eigenvalue weighted by molar-refractivity contribution is 0.0936. The third-order valence-corrected chi connectivity index (χ3v) is 6.04. The SMILES string of the molecule is Cc1cc(COc2ccc(C(=O)N[C@@H]3CNC[C@H]3c3nc(=S)[nH][nH]3)cc2)c2ccccc2n1. The second-order valence-electron chi connectivity index (χ2n) is 8.15. The van der Waals surface area contributed by atoms with Gasteiger partial charge in [-0.25, -0.2) is 4.98 Å². The first kappa shape index (κ1) is 21.3. The number of aryl methyl sites for hydroxylation is 1. The van der Waals surface area contributed by atoms with E-state index in [-0.39, 0.29) is 17.9 Å². The molecule has 0 radical (unpaired) electrons. The van der Waals surface area contributed by atoms with Crippen molar-refractivity contribution in [3.63, 3.8) is 0 Å². The van der Waals surface area contributed by atoms with Crippen LogP contribution in [0.15, 0.2) is 54.6 Å². The number of rotatable bonds is 6. The number of pyridine rings is 1. The minimum absolute atomic E-state index is 0.0307. The number of ether oxygens (including phenoxy) is 1. The van der Waals surface area contributed by atoms with Crippen molar-refractivity contribution in [2.45, 2.75) is 25.5 Å². The minimum Gasteiger partial charge on any atom is -0.489 e. The first-order valence-electron chi connectivity index (χ1n) is 10.8. The number of aromatic nitrogens is 4. The van der Waals surface area contributed by atoms with E-state index >= 15 is 0 Å². The minimum atomic E-state index is -0.134. The van der Waals surface area contributed by atoms with Gasteiger partial charge in [0, 0.05) is 35.3 Å². The Morgan fingerprint density at radius 3 is 2.73 bits per heavy atom. The Balaban J connectivity index is 1.23. The average Bonchev–Trinajstić information content (AvgIpc) is 3.46. The summed E-state index contributed by atoms with van der Waals surface area (Å²) in [4.78, 5) is 21.7. The topological polar surface area (TPSA) is 108 Å². The van der Waals surface area contributed by atoms with Crippen LogP contribution in [0.2, 0.25) is 0 Å².